The summed E-state index contributed by atoms with van der Waals surface area (Å²) >= 11 is 0. The molecule has 3 aromatic carbocycles. The molecule has 0 fully saturated rings. The number of fused-ring (bicyclic) bond motifs is 1. The van der Waals surface area contributed by atoms with E-state index >= 15 is 0 Å². The molecule has 0 unspecified atom stereocenters. The molecular formula is C27H29N2+. The Balaban J connectivity index is 1.85. The van der Waals surface area contributed by atoms with Crippen LogP contribution in [0.2, 0.25) is 0 Å². The molecule has 0 saturated carbocycles. The van der Waals surface area contributed by atoms with Gasteiger partial charge in [-0.1, -0.05) is 61.9 Å². The molecule has 1 aliphatic heterocycles. The fraction of sp³-hybridized carbons (Fsp3) is 0.296. The van der Waals surface area contributed by atoms with Crippen molar-refractivity contribution < 1.29 is 4.58 Å². The van der Waals surface area contributed by atoms with Crippen LogP contribution in [0.5, 0.6) is 0 Å². The van der Waals surface area contributed by atoms with Crippen LogP contribution < -0.4 is 5.35 Å². The van der Waals surface area contributed by atoms with Gasteiger partial charge >= 0.3 is 0 Å². The lowest BCUT2D eigenvalue weighted by Crippen LogP contribution is -2.30. The summed E-state index contributed by atoms with van der Waals surface area (Å²) in [4.78, 5) is 0. The van der Waals surface area contributed by atoms with E-state index in [4.69, 9.17) is 0 Å². The van der Waals surface area contributed by atoms with Crippen molar-refractivity contribution in [2.75, 3.05) is 7.05 Å². The summed E-state index contributed by atoms with van der Waals surface area (Å²) in [5.41, 5.74) is 5.42. The monoisotopic (exact) mass is 381 g/mol. The standard InChI is InChI=1S/C27H29N2/c1-5-6-17-29-23-16-10-12-19-11-9-13-20(26(19)23)24(29)18-25-27(2,3)21-14-7-8-15-22(21)28(25)4/h7-16,18H,5-6,17H2,1-4H3/q+1. The van der Waals surface area contributed by atoms with E-state index in [9.17, 15) is 0 Å². The third kappa shape index (κ3) is 2.58. The van der Waals surface area contributed by atoms with E-state index in [1.54, 1.807) is 0 Å². The molecule has 2 heteroatoms. The zero-order valence-electron chi connectivity index (χ0n) is 17.9. The molecule has 0 saturated heterocycles. The van der Waals surface area contributed by atoms with Crippen LogP contribution in [0.1, 0.15) is 39.2 Å². The van der Waals surface area contributed by atoms with Crippen LogP contribution in [-0.4, -0.2) is 21.9 Å². The first kappa shape index (κ1) is 18.2. The van der Waals surface area contributed by atoms with Gasteiger partial charge in [0.25, 0.3) is 0 Å². The molecule has 0 radical (unpaired) electrons. The van der Waals surface area contributed by atoms with Gasteiger partial charge in [0, 0.05) is 40.5 Å². The van der Waals surface area contributed by atoms with Crippen LogP contribution >= 0.6 is 0 Å². The van der Waals surface area contributed by atoms with E-state index in [1.807, 2.05) is 0 Å². The van der Waals surface area contributed by atoms with Gasteiger partial charge in [0.2, 0.25) is 5.69 Å². The van der Waals surface area contributed by atoms with Crippen LogP contribution in [0.4, 0.5) is 5.69 Å². The average molecular weight is 382 g/mol. The quantitative estimate of drug-likeness (QED) is 0.395. The third-order valence-corrected chi connectivity index (χ3v) is 6.69. The zero-order valence-corrected chi connectivity index (χ0v) is 17.9. The van der Waals surface area contributed by atoms with Crippen molar-refractivity contribution in [3.05, 3.63) is 71.6 Å². The summed E-state index contributed by atoms with van der Waals surface area (Å²) in [5, 5.41) is 5.43. The normalized spacial score (nSPS) is 16.3. The van der Waals surface area contributed by atoms with E-state index in [0.717, 1.165) is 6.54 Å². The Hall–Kier alpha value is -2.87. The lowest BCUT2D eigenvalue weighted by Gasteiger charge is -2.15. The Bertz CT molecular complexity index is 1310. The summed E-state index contributed by atoms with van der Waals surface area (Å²) < 4.78 is 4.92. The predicted octanol–water partition coefficient (Wildman–Crippen LogP) is 5.80. The Morgan fingerprint density at radius 1 is 0.966 bits per heavy atom. The molecule has 0 atom stereocenters. The second kappa shape index (κ2) is 6.59. The molecule has 0 aliphatic carbocycles. The van der Waals surface area contributed by atoms with Crippen molar-refractivity contribution in [2.45, 2.75) is 45.6 Å². The van der Waals surface area contributed by atoms with Crippen LogP contribution in [0, 0.1) is 0 Å². The van der Waals surface area contributed by atoms with Crippen LogP contribution in [0.3, 0.4) is 0 Å². The minimum Gasteiger partial charge on any atom is -0.340 e. The van der Waals surface area contributed by atoms with Crippen molar-refractivity contribution in [3.8, 4) is 0 Å². The van der Waals surface area contributed by atoms with Gasteiger partial charge in [-0.05, 0) is 31.7 Å². The smallest absolute Gasteiger partial charge is 0.209 e. The highest BCUT2D eigenvalue weighted by Crippen LogP contribution is 2.39. The van der Waals surface area contributed by atoms with Crippen LogP contribution in [0.15, 0.2) is 60.7 Å². The highest BCUT2D eigenvalue weighted by Gasteiger charge is 2.42. The largest absolute Gasteiger partial charge is 0.340 e. The number of para-hydroxylation sites is 1. The number of hydrogen-bond acceptors (Lipinski definition) is 0. The van der Waals surface area contributed by atoms with Crippen LogP contribution in [0.25, 0.3) is 27.8 Å². The zero-order chi connectivity index (χ0) is 20.2. The average Bonchev–Trinajstić information content (AvgIpc) is 3.13. The Labute approximate surface area is 172 Å². The summed E-state index contributed by atoms with van der Waals surface area (Å²) in [6, 6.07) is 22.2. The van der Waals surface area contributed by atoms with E-state index in [-0.39, 0.29) is 5.41 Å². The molecule has 29 heavy (non-hydrogen) atoms. The van der Waals surface area contributed by atoms with Gasteiger partial charge in [0.1, 0.15) is 7.05 Å². The first-order valence-electron chi connectivity index (χ1n) is 10.8. The van der Waals surface area contributed by atoms with E-state index in [0.29, 0.717) is 0 Å². The van der Waals surface area contributed by atoms with Gasteiger partial charge < -0.3 is 4.57 Å². The van der Waals surface area contributed by atoms with Gasteiger partial charge in [-0.3, -0.25) is 0 Å². The SMILES string of the molecule is CCCCn1/c(=C/C2=[N+](C)c3ccccc3C2(C)C)c2cccc3cccc1c32. The second-order valence-corrected chi connectivity index (χ2v) is 8.80. The first-order chi connectivity index (χ1) is 14.0. The summed E-state index contributed by atoms with van der Waals surface area (Å²) in [6.07, 6.45) is 4.84. The third-order valence-electron chi connectivity index (χ3n) is 6.69. The molecule has 0 spiro atoms. The lowest BCUT2D eigenvalue weighted by molar-refractivity contribution is -0.400. The van der Waals surface area contributed by atoms with Crippen molar-refractivity contribution in [2.24, 2.45) is 0 Å². The van der Waals surface area contributed by atoms with Gasteiger partial charge in [0.05, 0.1) is 10.8 Å². The fourth-order valence-corrected chi connectivity index (χ4v) is 5.14. The Kier molecular flexibility index (Phi) is 4.13. The second-order valence-electron chi connectivity index (χ2n) is 8.80. The van der Waals surface area contributed by atoms with Gasteiger partial charge in [-0.15, -0.1) is 0 Å². The molecule has 2 heterocycles. The summed E-state index contributed by atoms with van der Waals surface area (Å²) in [5.74, 6) is 0. The Morgan fingerprint density at radius 3 is 2.48 bits per heavy atom. The topological polar surface area (TPSA) is 7.94 Å². The fourth-order valence-electron chi connectivity index (χ4n) is 5.14. The number of hydrogen-bond donors (Lipinski definition) is 0. The molecule has 146 valence electrons. The number of unbranched alkanes of at least 4 members (excludes halogenated alkanes) is 1. The number of aromatic nitrogens is 1. The van der Waals surface area contributed by atoms with E-state index < -0.39 is 0 Å². The number of benzene rings is 3. The number of nitrogens with zero attached hydrogens (tertiary/aromatic N) is 2. The molecule has 0 amide bonds. The Morgan fingerprint density at radius 2 is 1.72 bits per heavy atom. The highest BCUT2D eigenvalue weighted by molar-refractivity contribution is 6.18. The predicted molar refractivity (Wildman–Crippen MR) is 124 cm³/mol. The molecule has 0 bridgehead atoms. The number of rotatable bonds is 4. The number of aryl methyl sites for hydroxylation is 1. The molecule has 5 rings (SSSR count). The van der Waals surface area contributed by atoms with Crippen molar-refractivity contribution in [1.82, 2.24) is 4.57 Å². The van der Waals surface area contributed by atoms with Crippen molar-refractivity contribution in [3.63, 3.8) is 0 Å². The van der Waals surface area contributed by atoms with Gasteiger partial charge in [-0.2, -0.15) is 4.58 Å². The van der Waals surface area contributed by atoms with E-state index in [2.05, 4.69) is 104 Å². The molecular weight excluding hydrogens is 352 g/mol. The minimum atomic E-state index is -0.0164. The minimum absolute atomic E-state index is 0.0164. The maximum Gasteiger partial charge on any atom is 0.209 e. The maximum atomic E-state index is 2.54. The van der Waals surface area contributed by atoms with Crippen LogP contribution in [-0.2, 0) is 12.0 Å². The molecule has 1 aliphatic rings. The van der Waals surface area contributed by atoms with Gasteiger partial charge in [0.15, 0.2) is 5.71 Å². The highest BCUT2D eigenvalue weighted by atomic mass is 15.0. The summed E-state index contributed by atoms with van der Waals surface area (Å²) in [7, 11) is 2.21. The lowest BCUT2D eigenvalue weighted by atomic mass is 9.81. The first-order valence-corrected chi connectivity index (χ1v) is 10.8. The molecule has 0 N–H and O–H groups in total. The van der Waals surface area contributed by atoms with Gasteiger partial charge in [-0.25, -0.2) is 0 Å². The van der Waals surface area contributed by atoms with E-state index in [1.165, 1.54) is 56.8 Å². The maximum absolute atomic E-state index is 2.54. The molecule has 4 aromatic rings. The van der Waals surface area contributed by atoms with Crippen molar-refractivity contribution in [1.29, 1.82) is 0 Å². The van der Waals surface area contributed by atoms with Crippen molar-refractivity contribution >= 4 is 39.2 Å². The summed E-state index contributed by atoms with van der Waals surface area (Å²) in [6.45, 7) is 8.02. The molecule has 2 nitrogen and oxygen atoms in total. The molecule has 1 aromatic heterocycles.